The van der Waals surface area contributed by atoms with Gasteiger partial charge in [-0.25, -0.2) is 24.9 Å². The summed E-state index contributed by atoms with van der Waals surface area (Å²) in [4.78, 5) is 30.1. The van der Waals surface area contributed by atoms with Crippen LogP contribution < -0.4 is 0 Å². The van der Waals surface area contributed by atoms with Crippen molar-refractivity contribution < 1.29 is 0 Å². The van der Waals surface area contributed by atoms with Crippen LogP contribution in [0.1, 0.15) is 5.56 Å². The smallest absolute Gasteiger partial charge is 0.164 e. The van der Waals surface area contributed by atoms with Crippen molar-refractivity contribution in [1.29, 1.82) is 0 Å². The molecule has 0 unspecified atom stereocenters. The zero-order valence-corrected chi connectivity index (χ0v) is 33.2. The minimum absolute atomic E-state index is 0.606. The maximum absolute atomic E-state index is 5.22. The number of aromatic nitrogens is 6. The first-order chi connectivity index (χ1) is 30.1. The molecule has 11 rings (SSSR count). The van der Waals surface area contributed by atoms with Crippen LogP contribution in [0.15, 0.2) is 200 Å². The fourth-order valence-electron chi connectivity index (χ4n) is 8.15. The van der Waals surface area contributed by atoms with Crippen molar-refractivity contribution in [3.05, 3.63) is 206 Å². The first-order valence-corrected chi connectivity index (χ1v) is 20.4. The maximum atomic E-state index is 5.22. The minimum atomic E-state index is 0.606. The van der Waals surface area contributed by atoms with E-state index in [1.165, 1.54) is 5.56 Å². The van der Waals surface area contributed by atoms with E-state index in [0.29, 0.717) is 17.5 Å². The van der Waals surface area contributed by atoms with Gasteiger partial charge in [-0.15, -0.1) is 0 Å². The van der Waals surface area contributed by atoms with Crippen LogP contribution in [-0.4, -0.2) is 29.9 Å². The fraction of sp³-hybridized carbons (Fsp3) is 0.0182. The van der Waals surface area contributed by atoms with Crippen LogP contribution in [-0.2, 0) is 0 Å². The van der Waals surface area contributed by atoms with Gasteiger partial charge in [-0.1, -0.05) is 158 Å². The molecule has 0 aliphatic rings. The van der Waals surface area contributed by atoms with E-state index in [0.717, 1.165) is 94.2 Å². The molecule has 4 aromatic heterocycles. The molecule has 0 aliphatic heterocycles. The van der Waals surface area contributed by atoms with Gasteiger partial charge in [0.1, 0.15) is 0 Å². The van der Waals surface area contributed by atoms with E-state index in [2.05, 4.69) is 139 Å². The van der Waals surface area contributed by atoms with Crippen molar-refractivity contribution in [2.24, 2.45) is 0 Å². The van der Waals surface area contributed by atoms with Crippen molar-refractivity contribution in [3.63, 3.8) is 0 Å². The lowest BCUT2D eigenvalue weighted by atomic mass is 9.99. The Morgan fingerprint density at radius 1 is 0.328 bits per heavy atom. The van der Waals surface area contributed by atoms with Gasteiger partial charge in [0.05, 0.1) is 27.9 Å². The monoisotopic (exact) mass is 780 g/mol. The molecule has 0 atom stereocenters. The van der Waals surface area contributed by atoms with Gasteiger partial charge in [-0.3, -0.25) is 4.98 Å². The van der Waals surface area contributed by atoms with Crippen LogP contribution in [0.3, 0.4) is 0 Å². The zero-order valence-electron chi connectivity index (χ0n) is 33.2. The molecule has 61 heavy (non-hydrogen) atoms. The highest BCUT2D eigenvalue weighted by Crippen LogP contribution is 2.34. The molecular formula is C55H36N6. The normalized spacial score (nSPS) is 11.4. The van der Waals surface area contributed by atoms with Crippen molar-refractivity contribution in [2.75, 3.05) is 0 Å². The Kier molecular flexibility index (Phi) is 8.94. The molecule has 0 fully saturated rings. The predicted octanol–water partition coefficient (Wildman–Crippen LogP) is 13.5. The zero-order chi connectivity index (χ0) is 40.7. The van der Waals surface area contributed by atoms with E-state index in [9.17, 15) is 0 Å². The van der Waals surface area contributed by atoms with Crippen LogP contribution in [0.25, 0.3) is 112 Å². The maximum Gasteiger partial charge on any atom is 0.164 e. The quantitative estimate of drug-likeness (QED) is 0.150. The molecule has 0 saturated heterocycles. The lowest BCUT2D eigenvalue weighted by Crippen LogP contribution is -2.00. The Bertz CT molecular complexity index is 3420. The highest BCUT2D eigenvalue weighted by Gasteiger charge is 2.16. The van der Waals surface area contributed by atoms with E-state index in [-0.39, 0.29) is 0 Å². The summed E-state index contributed by atoms with van der Waals surface area (Å²) in [5, 5.41) is 3.27. The van der Waals surface area contributed by atoms with Gasteiger partial charge in [0, 0.05) is 50.2 Å². The Morgan fingerprint density at radius 3 is 1.64 bits per heavy atom. The van der Waals surface area contributed by atoms with E-state index in [4.69, 9.17) is 24.9 Å². The summed E-state index contributed by atoms with van der Waals surface area (Å²) in [6, 6.07) is 66.8. The molecule has 7 aromatic carbocycles. The minimum Gasteiger partial charge on any atom is -0.256 e. The molecule has 0 saturated carbocycles. The number of aryl methyl sites for hydroxylation is 1. The Morgan fingerprint density at radius 2 is 0.885 bits per heavy atom. The summed E-state index contributed by atoms with van der Waals surface area (Å²) in [7, 11) is 0. The Labute approximate surface area is 353 Å². The summed E-state index contributed by atoms with van der Waals surface area (Å²) in [5.74, 6) is 1.83. The second kappa shape index (κ2) is 15.2. The lowest BCUT2D eigenvalue weighted by Gasteiger charge is -2.12. The van der Waals surface area contributed by atoms with Crippen LogP contribution >= 0.6 is 0 Å². The van der Waals surface area contributed by atoms with Gasteiger partial charge in [-0.2, -0.15) is 0 Å². The third-order valence-electron chi connectivity index (χ3n) is 11.3. The topological polar surface area (TPSA) is 77.3 Å². The first kappa shape index (κ1) is 35.9. The molecule has 4 heterocycles. The molecular weight excluding hydrogens is 745 g/mol. The SMILES string of the molecule is Cc1cc(-c2ccccc2)nc2c1ccc1ccc(-c3ccc(-c4cccc(-c5nc(-c6ccccc6)nc(-c6cccc(-c7ccnc8ccccc78)c6)n5)c4)cc3)nc12. The molecule has 0 aliphatic carbocycles. The van der Waals surface area contributed by atoms with Crippen LogP contribution in [0.5, 0.6) is 0 Å². The summed E-state index contributed by atoms with van der Waals surface area (Å²) in [6.07, 6.45) is 1.86. The van der Waals surface area contributed by atoms with Gasteiger partial charge in [0.15, 0.2) is 17.5 Å². The third-order valence-corrected chi connectivity index (χ3v) is 11.3. The number of nitrogens with zero attached hydrogens (tertiary/aromatic N) is 6. The molecule has 0 radical (unpaired) electrons. The first-order valence-electron chi connectivity index (χ1n) is 20.4. The van der Waals surface area contributed by atoms with Crippen LogP contribution in [0.4, 0.5) is 0 Å². The molecule has 0 amide bonds. The number of benzene rings is 7. The van der Waals surface area contributed by atoms with E-state index in [1.807, 2.05) is 72.9 Å². The summed E-state index contributed by atoms with van der Waals surface area (Å²) >= 11 is 0. The molecule has 0 spiro atoms. The van der Waals surface area contributed by atoms with Crippen molar-refractivity contribution >= 4 is 32.7 Å². The predicted molar refractivity (Wildman–Crippen MR) is 249 cm³/mol. The molecule has 6 nitrogen and oxygen atoms in total. The van der Waals surface area contributed by atoms with Gasteiger partial charge in [0.25, 0.3) is 0 Å². The third kappa shape index (κ3) is 6.86. The number of hydrogen-bond acceptors (Lipinski definition) is 6. The average molecular weight is 781 g/mol. The van der Waals surface area contributed by atoms with Crippen LogP contribution in [0, 0.1) is 6.92 Å². The highest BCUT2D eigenvalue weighted by atomic mass is 15.0. The van der Waals surface area contributed by atoms with Crippen molar-refractivity contribution in [3.8, 4) is 78.9 Å². The molecule has 0 N–H and O–H groups in total. The number of fused-ring (bicyclic) bond motifs is 4. The van der Waals surface area contributed by atoms with Gasteiger partial charge in [-0.05, 0) is 71.1 Å². The van der Waals surface area contributed by atoms with Gasteiger partial charge >= 0.3 is 0 Å². The second-order valence-corrected chi connectivity index (χ2v) is 15.2. The van der Waals surface area contributed by atoms with Gasteiger partial charge < -0.3 is 0 Å². The van der Waals surface area contributed by atoms with Crippen molar-refractivity contribution in [2.45, 2.75) is 6.92 Å². The van der Waals surface area contributed by atoms with E-state index < -0.39 is 0 Å². The summed E-state index contributed by atoms with van der Waals surface area (Å²) in [5.41, 5.74) is 15.0. The lowest BCUT2D eigenvalue weighted by molar-refractivity contribution is 1.07. The second-order valence-electron chi connectivity index (χ2n) is 15.2. The Hall–Kier alpha value is -8.22. The summed E-state index contributed by atoms with van der Waals surface area (Å²) < 4.78 is 0. The molecule has 286 valence electrons. The van der Waals surface area contributed by atoms with E-state index in [1.54, 1.807) is 0 Å². The molecule has 11 aromatic rings. The van der Waals surface area contributed by atoms with Crippen molar-refractivity contribution in [1.82, 2.24) is 29.9 Å². The van der Waals surface area contributed by atoms with E-state index >= 15 is 0 Å². The number of hydrogen-bond donors (Lipinski definition) is 0. The molecule has 0 bridgehead atoms. The molecule has 6 heteroatoms. The summed E-state index contributed by atoms with van der Waals surface area (Å²) in [6.45, 7) is 2.15. The van der Waals surface area contributed by atoms with Crippen LogP contribution in [0.2, 0.25) is 0 Å². The number of para-hydroxylation sites is 1. The standard InChI is InChI=1S/C55H36N6/c1-35-32-50(37-12-4-2-5-13-37)58-52-45(35)28-26-39-27-29-48(57-51(39)52)38-24-22-36(23-25-38)41-16-10-18-43(33-41)54-59-53(40-14-6-3-7-15-40)60-55(61-54)44-19-11-17-42(34-44)46-30-31-56-49-21-9-8-20-47(46)49/h2-34H,1H3. The van der Waals surface area contributed by atoms with Gasteiger partial charge in [0.2, 0.25) is 0 Å². The largest absolute Gasteiger partial charge is 0.256 e. The number of rotatable bonds is 7. The highest BCUT2D eigenvalue weighted by molar-refractivity contribution is 6.05. The fourth-order valence-corrected chi connectivity index (χ4v) is 8.15. The Balaban J connectivity index is 0.947. The number of pyridine rings is 3. The average Bonchev–Trinajstić information content (AvgIpc) is 3.34.